The third kappa shape index (κ3) is 3.66. The summed E-state index contributed by atoms with van der Waals surface area (Å²) in [6, 6.07) is 20.8. The average molecular weight is 500 g/mol. The van der Waals surface area contributed by atoms with Gasteiger partial charge in [-0.25, -0.2) is 9.67 Å². The summed E-state index contributed by atoms with van der Waals surface area (Å²) < 4.78 is 45.0. The molecule has 3 aromatic heterocycles. The third-order valence-electron chi connectivity index (χ3n) is 4.82. The molecular formula is C23H13BrF3N3S. The number of hydrogen-bond acceptors (Lipinski definition) is 3. The van der Waals surface area contributed by atoms with Crippen LogP contribution in [0, 0.1) is 0 Å². The normalized spacial score (nSPS) is 11.9. The van der Waals surface area contributed by atoms with Crippen LogP contribution in [0.4, 0.5) is 13.2 Å². The molecule has 0 fully saturated rings. The van der Waals surface area contributed by atoms with E-state index >= 15 is 0 Å². The molecule has 5 aromatic rings. The van der Waals surface area contributed by atoms with E-state index in [-0.39, 0.29) is 22.4 Å². The van der Waals surface area contributed by atoms with Crippen LogP contribution in [0.1, 0.15) is 5.56 Å². The summed E-state index contributed by atoms with van der Waals surface area (Å²) in [6.45, 7) is 0. The molecule has 0 spiro atoms. The number of nitrogens with zero attached hydrogens (tertiary/aromatic N) is 3. The van der Waals surface area contributed by atoms with Crippen molar-refractivity contribution in [2.45, 2.75) is 6.18 Å². The summed E-state index contributed by atoms with van der Waals surface area (Å²) >= 11 is 4.74. The first kappa shape index (κ1) is 20.0. The molecule has 0 atom stereocenters. The largest absolute Gasteiger partial charge is 0.417 e. The molecule has 0 saturated heterocycles. The molecule has 0 bridgehead atoms. The van der Waals surface area contributed by atoms with Gasteiger partial charge in [-0.1, -0.05) is 52.3 Å². The van der Waals surface area contributed by atoms with Crippen LogP contribution in [0.2, 0.25) is 0 Å². The second kappa shape index (κ2) is 7.62. The average Bonchev–Trinajstić information content (AvgIpc) is 3.41. The smallest absolute Gasteiger partial charge is 0.227 e. The zero-order valence-corrected chi connectivity index (χ0v) is 18.2. The van der Waals surface area contributed by atoms with Crippen molar-refractivity contribution >= 4 is 38.3 Å². The molecular weight excluding hydrogens is 487 g/mol. The molecule has 2 aromatic carbocycles. The first-order valence-corrected chi connectivity index (χ1v) is 11.0. The van der Waals surface area contributed by atoms with Gasteiger partial charge in [0.05, 0.1) is 27.2 Å². The zero-order valence-electron chi connectivity index (χ0n) is 15.8. The molecule has 8 heteroatoms. The quantitative estimate of drug-likeness (QED) is 0.256. The first-order chi connectivity index (χ1) is 14.9. The lowest BCUT2D eigenvalue weighted by molar-refractivity contribution is -0.136. The van der Waals surface area contributed by atoms with Gasteiger partial charge < -0.3 is 0 Å². The molecule has 0 saturated carbocycles. The first-order valence-electron chi connectivity index (χ1n) is 9.28. The predicted octanol–water partition coefficient (Wildman–Crippen LogP) is 7.60. The molecule has 3 nitrogen and oxygen atoms in total. The highest BCUT2D eigenvalue weighted by Gasteiger charge is 2.36. The number of benzene rings is 2. The zero-order chi connectivity index (χ0) is 21.6. The van der Waals surface area contributed by atoms with Crippen LogP contribution in [0.3, 0.4) is 0 Å². The van der Waals surface area contributed by atoms with Crippen LogP contribution in [0.5, 0.6) is 0 Å². The topological polar surface area (TPSA) is 30.7 Å². The fraction of sp³-hybridized carbons (Fsp3) is 0.0435. The van der Waals surface area contributed by atoms with E-state index in [0.717, 1.165) is 10.5 Å². The number of para-hydroxylation sites is 1. The third-order valence-corrected chi connectivity index (χ3v) is 6.20. The van der Waals surface area contributed by atoms with Gasteiger partial charge in [-0.15, -0.1) is 11.3 Å². The lowest BCUT2D eigenvalue weighted by Crippen LogP contribution is -2.07. The molecule has 154 valence electrons. The van der Waals surface area contributed by atoms with Gasteiger partial charge in [-0.3, -0.25) is 0 Å². The minimum atomic E-state index is -4.57. The number of thiophene rings is 1. The van der Waals surface area contributed by atoms with E-state index in [1.54, 1.807) is 42.5 Å². The highest BCUT2D eigenvalue weighted by atomic mass is 79.9. The minimum absolute atomic E-state index is 0.0187. The number of fused-ring (bicyclic) bond motifs is 1. The highest BCUT2D eigenvalue weighted by Crippen LogP contribution is 2.42. The van der Waals surface area contributed by atoms with E-state index in [0.29, 0.717) is 16.1 Å². The lowest BCUT2D eigenvalue weighted by Gasteiger charge is -2.11. The summed E-state index contributed by atoms with van der Waals surface area (Å²) in [5.41, 5.74) is 1.13. The number of hydrogen-bond donors (Lipinski definition) is 0. The van der Waals surface area contributed by atoms with Crippen molar-refractivity contribution in [3.63, 3.8) is 0 Å². The molecule has 5 rings (SSSR count). The molecule has 3 heterocycles. The van der Waals surface area contributed by atoms with E-state index < -0.39 is 11.7 Å². The molecule has 0 aliphatic carbocycles. The monoisotopic (exact) mass is 499 g/mol. The molecule has 0 radical (unpaired) electrons. The van der Waals surface area contributed by atoms with Crippen LogP contribution >= 0.6 is 27.3 Å². The van der Waals surface area contributed by atoms with Gasteiger partial charge in [0.15, 0.2) is 5.65 Å². The Bertz CT molecular complexity index is 1380. The van der Waals surface area contributed by atoms with Crippen molar-refractivity contribution in [1.82, 2.24) is 14.8 Å². The van der Waals surface area contributed by atoms with Crippen LogP contribution in [0.15, 0.2) is 82.6 Å². The Morgan fingerprint density at radius 2 is 1.71 bits per heavy atom. The van der Waals surface area contributed by atoms with Crippen molar-refractivity contribution in [2.75, 3.05) is 0 Å². The van der Waals surface area contributed by atoms with Gasteiger partial charge in [0.2, 0.25) is 0 Å². The van der Waals surface area contributed by atoms with Gasteiger partial charge in [-0.05, 0) is 41.8 Å². The Balaban J connectivity index is 1.92. The number of aromatic nitrogens is 3. The summed E-state index contributed by atoms with van der Waals surface area (Å²) in [5.74, 6) is 0. The van der Waals surface area contributed by atoms with Crippen molar-refractivity contribution in [3.8, 4) is 27.5 Å². The summed E-state index contributed by atoms with van der Waals surface area (Å²) in [5, 5.41) is 6.40. The molecule has 0 aliphatic heterocycles. The SMILES string of the molecule is FC(F)(F)c1cc(-c2cccs2)nc2c1c(-c1cccc(Br)c1)nn2-c1ccccc1. The van der Waals surface area contributed by atoms with Gasteiger partial charge in [-0.2, -0.15) is 18.3 Å². The van der Waals surface area contributed by atoms with Crippen LogP contribution in [0.25, 0.3) is 38.5 Å². The lowest BCUT2D eigenvalue weighted by atomic mass is 10.0. The summed E-state index contributed by atoms with van der Waals surface area (Å²) in [6.07, 6.45) is -4.57. The summed E-state index contributed by atoms with van der Waals surface area (Å²) in [4.78, 5) is 5.30. The maximum Gasteiger partial charge on any atom is 0.417 e. The van der Waals surface area contributed by atoms with Crippen molar-refractivity contribution in [1.29, 1.82) is 0 Å². The van der Waals surface area contributed by atoms with Crippen LogP contribution in [-0.2, 0) is 6.18 Å². The molecule has 0 unspecified atom stereocenters. The highest BCUT2D eigenvalue weighted by molar-refractivity contribution is 9.10. The predicted molar refractivity (Wildman–Crippen MR) is 120 cm³/mol. The van der Waals surface area contributed by atoms with E-state index in [9.17, 15) is 13.2 Å². The standard InChI is InChI=1S/C23H13BrF3N3S/c24-15-7-4-6-14(12-15)21-20-17(23(25,26)27)13-18(19-10-5-11-31-19)28-22(20)30(29-21)16-8-2-1-3-9-16/h1-13H. The van der Waals surface area contributed by atoms with Gasteiger partial charge in [0.25, 0.3) is 0 Å². The van der Waals surface area contributed by atoms with Crippen LogP contribution < -0.4 is 0 Å². The van der Waals surface area contributed by atoms with E-state index in [4.69, 9.17) is 0 Å². The maximum absolute atomic E-state index is 14.3. The Hall–Kier alpha value is -2.97. The fourth-order valence-corrected chi connectivity index (χ4v) is 4.56. The minimum Gasteiger partial charge on any atom is -0.227 e. The van der Waals surface area contributed by atoms with Gasteiger partial charge in [0, 0.05) is 10.0 Å². The Morgan fingerprint density at radius 1 is 0.903 bits per heavy atom. The van der Waals surface area contributed by atoms with E-state index in [1.165, 1.54) is 16.0 Å². The fourth-order valence-electron chi connectivity index (χ4n) is 3.48. The molecule has 0 aliphatic rings. The second-order valence-corrected chi connectivity index (χ2v) is 8.70. The van der Waals surface area contributed by atoms with Crippen molar-refractivity contribution < 1.29 is 13.2 Å². The Morgan fingerprint density at radius 3 is 2.39 bits per heavy atom. The number of pyridine rings is 1. The molecule has 0 amide bonds. The summed E-state index contributed by atoms with van der Waals surface area (Å²) in [7, 11) is 0. The second-order valence-electron chi connectivity index (χ2n) is 6.84. The van der Waals surface area contributed by atoms with Gasteiger partial charge >= 0.3 is 6.18 Å². The van der Waals surface area contributed by atoms with Crippen molar-refractivity contribution in [2.24, 2.45) is 0 Å². The number of halogens is 4. The van der Waals surface area contributed by atoms with Crippen molar-refractivity contribution in [3.05, 3.63) is 88.2 Å². The molecule has 0 N–H and O–H groups in total. The van der Waals surface area contributed by atoms with E-state index in [2.05, 4.69) is 26.0 Å². The maximum atomic E-state index is 14.3. The Kier molecular flexibility index (Phi) is 4.91. The Labute approximate surface area is 187 Å². The number of rotatable bonds is 3. The van der Waals surface area contributed by atoms with Gasteiger partial charge in [0.1, 0.15) is 5.69 Å². The number of alkyl halides is 3. The molecule has 31 heavy (non-hydrogen) atoms. The van der Waals surface area contributed by atoms with E-state index in [1.807, 2.05) is 29.6 Å². The van der Waals surface area contributed by atoms with Crippen LogP contribution in [-0.4, -0.2) is 14.8 Å².